The molecule has 29 heavy (non-hydrogen) atoms. The molecule has 0 aliphatic carbocycles. The first-order valence-corrected chi connectivity index (χ1v) is 9.45. The molecular formula is C22H18ClN5O. The van der Waals surface area contributed by atoms with E-state index in [2.05, 4.69) is 20.6 Å². The quantitative estimate of drug-likeness (QED) is 0.541. The zero-order valence-electron chi connectivity index (χ0n) is 15.7. The van der Waals surface area contributed by atoms with Crippen LogP contribution in [0.4, 0.5) is 0 Å². The van der Waals surface area contributed by atoms with E-state index in [4.69, 9.17) is 11.6 Å². The largest absolute Gasteiger partial charge is 0.346 e. The van der Waals surface area contributed by atoms with Crippen LogP contribution in [0.25, 0.3) is 16.9 Å². The van der Waals surface area contributed by atoms with Gasteiger partial charge < -0.3 is 5.32 Å². The van der Waals surface area contributed by atoms with Crippen molar-refractivity contribution in [2.45, 2.75) is 13.5 Å². The van der Waals surface area contributed by atoms with E-state index < -0.39 is 0 Å². The number of aryl methyl sites for hydroxylation is 1. The Morgan fingerprint density at radius 3 is 2.66 bits per heavy atom. The molecule has 144 valence electrons. The average molecular weight is 404 g/mol. The molecule has 0 aliphatic rings. The highest BCUT2D eigenvalue weighted by molar-refractivity contribution is 6.30. The van der Waals surface area contributed by atoms with Gasteiger partial charge >= 0.3 is 0 Å². The van der Waals surface area contributed by atoms with Gasteiger partial charge in [-0.05, 0) is 48.9 Å². The Morgan fingerprint density at radius 1 is 1.10 bits per heavy atom. The fourth-order valence-electron chi connectivity index (χ4n) is 3.05. The summed E-state index contributed by atoms with van der Waals surface area (Å²) in [7, 11) is 0. The second-order valence-corrected chi connectivity index (χ2v) is 7.02. The highest BCUT2D eigenvalue weighted by Gasteiger charge is 2.22. The summed E-state index contributed by atoms with van der Waals surface area (Å²) in [4.78, 5) is 17.1. The van der Waals surface area contributed by atoms with Gasteiger partial charge in [0.15, 0.2) is 5.69 Å². The molecule has 2 aromatic carbocycles. The van der Waals surface area contributed by atoms with Crippen molar-refractivity contribution in [1.29, 1.82) is 0 Å². The third kappa shape index (κ3) is 4.17. The Morgan fingerprint density at radius 2 is 1.93 bits per heavy atom. The molecule has 4 aromatic rings. The van der Waals surface area contributed by atoms with E-state index in [-0.39, 0.29) is 11.6 Å². The molecule has 0 atom stereocenters. The zero-order chi connectivity index (χ0) is 20.2. The highest BCUT2D eigenvalue weighted by Crippen LogP contribution is 2.25. The van der Waals surface area contributed by atoms with Crippen LogP contribution >= 0.6 is 11.6 Å². The first-order chi connectivity index (χ1) is 14.1. The molecule has 4 rings (SSSR count). The van der Waals surface area contributed by atoms with Crippen molar-refractivity contribution in [3.63, 3.8) is 0 Å². The van der Waals surface area contributed by atoms with Crippen molar-refractivity contribution in [2.75, 3.05) is 0 Å². The minimum absolute atomic E-state index is 0.237. The van der Waals surface area contributed by atoms with Crippen LogP contribution in [0.2, 0.25) is 5.02 Å². The predicted octanol–water partition coefficient (Wildman–Crippen LogP) is 4.22. The smallest absolute Gasteiger partial charge is 0.274 e. The van der Waals surface area contributed by atoms with Crippen LogP contribution in [0.15, 0.2) is 73.1 Å². The number of hydrogen-bond donors (Lipinski definition) is 1. The number of halogens is 1. The van der Waals surface area contributed by atoms with Crippen LogP contribution in [0, 0.1) is 6.92 Å². The van der Waals surface area contributed by atoms with E-state index >= 15 is 0 Å². The first-order valence-electron chi connectivity index (χ1n) is 9.07. The third-order valence-electron chi connectivity index (χ3n) is 4.43. The Labute approximate surface area is 173 Å². The van der Waals surface area contributed by atoms with Crippen LogP contribution < -0.4 is 5.32 Å². The molecule has 0 unspecified atom stereocenters. The monoisotopic (exact) mass is 403 g/mol. The summed E-state index contributed by atoms with van der Waals surface area (Å²) < 4.78 is 1.62. The summed E-state index contributed by atoms with van der Waals surface area (Å²) in [6.07, 6.45) is 3.36. The van der Waals surface area contributed by atoms with Crippen molar-refractivity contribution in [2.24, 2.45) is 0 Å². The van der Waals surface area contributed by atoms with Gasteiger partial charge in [-0.15, -0.1) is 5.10 Å². The Kier molecular flexibility index (Phi) is 5.35. The van der Waals surface area contributed by atoms with Crippen molar-refractivity contribution in [3.05, 3.63) is 94.9 Å². The predicted molar refractivity (Wildman–Crippen MR) is 112 cm³/mol. The lowest BCUT2D eigenvalue weighted by Gasteiger charge is -2.09. The molecule has 0 bridgehead atoms. The standard InChI is InChI=1S/C22H18ClN5O/c1-15-4-2-5-16(12-15)13-25-22(29)20-21(17-6-3-11-24-14-17)28(27-26-20)19-9-7-18(23)8-10-19/h2-12,14H,13H2,1H3,(H,25,29). The molecular weight excluding hydrogens is 386 g/mol. The summed E-state index contributed by atoms with van der Waals surface area (Å²) in [5.41, 5.74) is 4.46. The molecule has 0 saturated heterocycles. The zero-order valence-corrected chi connectivity index (χ0v) is 16.5. The van der Waals surface area contributed by atoms with E-state index in [9.17, 15) is 4.79 Å². The SMILES string of the molecule is Cc1cccc(CNC(=O)c2nnn(-c3ccc(Cl)cc3)c2-c2cccnc2)c1. The van der Waals surface area contributed by atoms with Gasteiger partial charge in [0, 0.05) is 29.5 Å². The molecule has 2 aromatic heterocycles. The van der Waals surface area contributed by atoms with Gasteiger partial charge in [0.25, 0.3) is 5.91 Å². The molecule has 0 aliphatic heterocycles. The number of amides is 1. The Bertz CT molecular complexity index is 1140. The molecule has 1 N–H and O–H groups in total. The second-order valence-electron chi connectivity index (χ2n) is 6.59. The van der Waals surface area contributed by atoms with Crippen LogP contribution in [-0.2, 0) is 6.54 Å². The maximum absolute atomic E-state index is 12.9. The molecule has 6 nitrogen and oxygen atoms in total. The van der Waals surface area contributed by atoms with Crippen molar-refractivity contribution >= 4 is 17.5 Å². The first kappa shape index (κ1) is 18.8. The number of nitrogens with zero attached hydrogens (tertiary/aromatic N) is 4. The van der Waals surface area contributed by atoms with Gasteiger partial charge in [-0.3, -0.25) is 9.78 Å². The van der Waals surface area contributed by atoms with Crippen LogP contribution in [0.3, 0.4) is 0 Å². The van der Waals surface area contributed by atoms with Crippen LogP contribution in [0.1, 0.15) is 21.6 Å². The Balaban J connectivity index is 1.69. The second kappa shape index (κ2) is 8.24. The number of carbonyl (C=O) groups excluding carboxylic acids is 1. The fourth-order valence-corrected chi connectivity index (χ4v) is 3.17. The highest BCUT2D eigenvalue weighted by atomic mass is 35.5. The molecule has 2 heterocycles. The van der Waals surface area contributed by atoms with Crippen LogP contribution in [-0.4, -0.2) is 25.9 Å². The van der Waals surface area contributed by atoms with E-state index in [0.717, 1.165) is 22.4 Å². The summed E-state index contributed by atoms with van der Waals surface area (Å²) in [6.45, 7) is 2.42. The normalized spacial score (nSPS) is 10.7. The van der Waals surface area contributed by atoms with Gasteiger partial charge in [-0.1, -0.05) is 46.6 Å². The summed E-state index contributed by atoms with van der Waals surface area (Å²) in [6, 6.07) is 18.9. The van der Waals surface area contributed by atoms with Gasteiger partial charge in [0.05, 0.1) is 5.69 Å². The lowest BCUT2D eigenvalue weighted by molar-refractivity contribution is 0.0946. The summed E-state index contributed by atoms with van der Waals surface area (Å²) >= 11 is 6.00. The van der Waals surface area contributed by atoms with E-state index in [0.29, 0.717) is 17.3 Å². The van der Waals surface area contributed by atoms with Gasteiger partial charge in [-0.2, -0.15) is 0 Å². The van der Waals surface area contributed by atoms with E-state index in [1.165, 1.54) is 0 Å². The third-order valence-corrected chi connectivity index (χ3v) is 4.68. The number of benzene rings is 2. The number of hydrogen-bond acceptors (Lipinski definition) is 4. The number of aromatic nitrogens is 4. The van der Waals surface area contributed by atoms with Crippen molar-refractivity contribution < 1.29 is 4.79 Å². The lowest BCUT2D eigenvalue weighted by Crippen LogP contribution is -2.24. The molecule has 0 saturated carbocycles. The summed E-state index contributed by atoms with van der Waals surface area (Å²) in [5, 5.41) is 11.9. The van der Waals surface area contributed by atoms with Crippen LogP contribution in [0.5, 0.6) is 0 Å². The number of nitrogens with one attached hydrogen (secondary N) is 1. The molecule has 0 radical (unpaired) electrons. The lowest BCUT2D eigenvalue weighted by atomic mass is 10.1. The van der Waals surface area contributed by atoms with E-state index in [1.54, 1.807) is 29.2 Å². The van der Waals surface area contributed by atoms with Gasteiger partial charge in [-0.25, -0.2) is 4.68 Å². The topological polar surface area (TPSA) is 72.7 Å². The minimum Gasteiger partial charge on any atom is -0.346 e. The molecule has 1 amide bonds. The fraction of sp³-hybridized carbons (Fsp3) is 0.0909. The number of rotatable bonds is 5. The van der Waals surface area contributed by atoms with E-state index in [1.807, 2.05) is 55.5 Å². The van der Waals surface area contributed by atoms with Gasteiger partial charge in [0.2, 0.25) is 0 Å². The molecule has 7 heteroatoms. The number of carbonyl (C=O) groups is 1. The maximum atomic E-state index is 12.9. The summed E-state index contributed by atoms with van der Waals surface area (Å²) in [5.74, 6) is -0.300. The van der Waals surface area contributed by atoms with Crippen molar-refractivity contribution in [3.8, 4) is 16.9 Å². The minimum atomic E-state index is -0.300. The average Bonchev–Trinajstić information content (AvgIpc) is 3.18. The Hall–Kier alpha value is -3.51. The van der Waals surface area contributed by atoms with Gasteiger partial charge in [0.1, 0.15) is 5.69 Å². The van der Waals surface area contributed by atoms with Crippen molar-refractivity contribution in [1.82, 2.24) is 25.3 Å². The molecule has 0 fully saturated rings. The maximum Gasteiger partial charge on any atom is 0.274 e. The molecule has 0 spiro atoms. The number of pyridine rings is 1.